The molecule has 1 aliphatic rings. The number of rotatable bonds is 1. The van der Waals surface area contributed by atoms with Gasteiger partial charge in [-0.15, -0.1) is 10.2 Å². The summed E-state index contributed by atoms with van der Waals surface area (Å²) in [4.78, 5) is 0. The molecule has 1 aromatic heterocycles. The maximum atomic E-state index is 8.98. The third kappa shape index (κ3) is 1.03. The van der Waals surface area contributed by atoms with E-state index in [0.717, 1.165) is 25.1 Å². The van der Waals surface area contributed by atoms with Gasteiger partial charge in [-0.05, 0) is 12.8 Å². The van der Waals surface area contributed by atoms with Crippen LogP contribution in [0.4, 0.5) is 0 Å². The Morgan fingerprint density at radius 2 is 2.64 bits per heavy atom. The first-order valence-electron chi connectivity index (χ1n) is 3.91. The van der Waals surface area contributed by atoms with Crippen molar-refractivity contribution in [3.05, 3.63) is 12.2 Å². The third-order valence-electron chi connectivity index (χ3n) is 2.19. The van der Waals surface area contributed by atoms with Gasteiger partial charge in [-0.2, -0.15) is 0 Å². The number of aromatic nitrogens is 3. The maximum absolute atomic E-state index is 8.98. The van der Waals surface area contributed by atoms with Crippen molar-refractivity contribution in [3.8, 4) is 0 Å². The van der Waals surface area contributed by atoms with Gasteiger partial charge >= 0.3 is 0 Å². The van der Waals surface area contributed by atoms with Crippen LogP contribution in [0, 0.1) is 0 Å². The fourth-order valence-electron chi connectivity index (χ4n) is 1.56. The van der Waals surface area contributed by atoms with Crippen molar-refractivity contribution in [2.75, 3.05) is 6.61 Å². The molecule has 1 unspecified atom stereocenters. The van der Waals surface area contributed by atoms with Crippen LogP contribution in [0.3, 0.4) is 0 Å². The summed E-state index contributed by atoms with van der Waals surface area (Å²) in [7, 11) is 0. The zero-order valence-corrected chi connectivity index (χ0v) is 6.27. The molecule has 1 aromatic rings. The highest BCUT2D eigenvalue weighted by Crippen LogP contribution is 2.21. The number of nitrogens with zero attached hydrogens (tertiary/aromatic N) is 3. The van der Waals surface area contributed by atoms with Crippen LogP contribution in [-0.4, -0.2) is 26.5 Å². The van der Waals surface area contributed by atoms with E-state index < -0.39 is 0 Å². The lowest BCUT2D eigenvalue weighted by Crippen LogP contribution is -2.20. The maximum Gasteiger partial charge on any atom is 0.133 e. The molecule has 1 N–H and O–H groups in total. The molecule has 0 bridgehead atoms. The Balaban J connectivity index is 2.32. The molecule has 2 rings (SSSR count). The topological polar surface area (TPSA) is 50.9 Å². The highest BCUT2D eigenvalue weighted by molar-refractivity contribution is 4.93. The zero-order valence-electron chi connectivity index (χ0n) is 6.27. The van der Waals surface area contributed by atoms with Gasteiger partial charge < -0.3 is 9.67 Å². The molecule has 0 spiro atoms. The fraction of sp³-hybridized carbons (Fsp3) is 0.714. The van der Waals surface area contributed by atoms with Crippen LogP contribution >= 0.6 is 0 Å². The predicted octanol–water partition coefficient (Wildman–Crippen LogP) is 0.148. The van der Waals surface area contributed by atoms with Gasteiger partial charge in [0.05, 0.1) is 12.6 Å². The van der Waals surface area contributed by atoms with Crippen LogP contribution in [0.1, 0.15) is 24.7 Å². The van der Waals surface area contributed by atoms with Gasteiger partial charge in [0.25, 0.3) is 0 Å². The minimum absolute atomic E-state index is 0.199. The molecule has 0 saturated carbocycles. The Morgan fingerprint density at radius 3 is 3.45 bits per heavy atom. The van der Waals surface area contributed by atoms with Crippen LogP contribution in [0.5, 0.6) is 0 Å². The monoisotopic (exact) mass is 153 g/mol. The van der Waals surface area contributed by atoms with Crippen molar-refractivity contribution in [1.29, 1.82) is 0 Å². The Hall–Kier alpha value is -0.900. The molecular formula is C7H11N3O. The molecule has 0 fully saturated rings. The number of aliphatic hydroxyl groups excluding tert-OH is 1. The minimum Gasteiger partial charge on any atom is -0.394 e. The molecule has 4 heteroatoms. The summed E-state index contributed by atoms with van der Waals surface area (Å²) < 4.78 is 1.98. The zero-order chi connectivity index (χ0) is 7.68. The van der Waals surface area contributed by atoms with Crippen LogP contribution in [0.15, 0.2) is 6.33 Å². The molecule has 0 amide bonds. The van der Waals surface area contributed by atoms with Gasteiger partial charge in [0.1, 0.15) is 12.2 Å². The average molecular weight is 153 g/mol. The van der Waals surface area contributed by atoms with Crippen molar-refractivity contribution in [3.63, 3.8) is 0 Å². The summed E-state index contributed by atoms with van der Waals surface area (Å²) in [5, 5.41) is 16.7. The first-order valence-corrected chi connectivity index (χ1v) is 3.91. The van der Waals surface area contributed by atoms with E-state index in [1.54, 1.807) is 6.33 Å². The van der Waals surface area contributed by atoms with Crippen LogP contribution in [0.25, 0.3) is 0 Å². The molecule has 2 heterocycles. The number of aryl methyl sites for hydroxylation is 1. The molecular weight excluding hydrogens is 142 g/mol. The Bertz CT molecular complexity index is 246. The van der Waals surface area contributed by atoms with E-state index in [2.05, 4.69) is 10.2 Å². The van der Waals surface area contributed by atoms with E-state index >= 15 is 0 Å². The first-order chi connectivity index (χ1) is 5.42. The molecule has 60 valence electrons. The number of hydrogen-bond acceptors (Lipinski definition) is 3. The normalized spacial score (nSPS) is 23.2. The summed E-state index contributed by atoms with van der Waals surface area (Å²) in [5.74, 6) is 1.01. The summed E-state index contributed by atoms with van der Waals surface area (Å²) in [6, 6.07) is 0.216. The second-order valence-corrected chi connectivity index (χ2v) is 2.88. The number of hydrogen-bond donors (Lipinski definition) is 1. The smallest absolute Gasteiger partial charge is 0.133 e. The largest absolute Gasteiger partial charge is 0.394 e. The molecule has 1 atom stereocenters. The number of fused-ring (bicyclic) bond motifs is 1. The van der Waals surface area contributed by atoms with Crippen LogP contribution < -0.4 is 0 Å². The van der Waals surface area contributed by atoms with E-state index in [9.17, 15) is 0 Å². The SMILES string of the molecule is OCC1CCCc2nncn21. The minimum atomic E-state index is 0.199. The Morgan fingerprint density at radius 1 is 1.73 bits per heavy atom. The summed E-state index contributed by atoms with van der Waals surface area (Å²) in [6.07, 6.45) is 4.86. The highest BCUT2D eigenvalue weighted by Gasteiger charge is 2.18. The van der Waals surface area contributed by atoms with Gasteiger partial charge in [0.15, 0.2) is 0 Å². The van der Waals surface area contributed by atoms with Crippen LogP contribution in [0.2, 0.25) is 0 Å². The molecule has 4 nitrogen and oxygen atoms in total. The van der Waals surface area contributed by atoms with Crippen LogP contribution in [-0.2, 0) is 6.42 Å². The van der Waals surface area contributed by atoms with E-state index in [1.807, 2.05) is 4.57 Å². The summed E-state index contributed by atoms with van der Waals surface area (Å²) in [5.41, 5.74) is 0. The van der Waals surface area contributed by atoms with Crippen molar-refractivity contribution in [1.82, 2.24) is 14.8 Å². The molecule has 0 radical (unpaired) electrons. The standard InChI is InChI=1S/C7H11N3O/c11-4-6-2-1-3-7-9-8-5-10(6)7/h5-6,11H,1-4H2. The van der Waals surface area contributed by atoms with Gasteiger partial charge in [0.2, 0.25) is 0 Å². The van der Waals surface area contributed by atoms with Gasteiger partial charge in [-0.1, -0.05) is 0 Å². The van der Waals surface area contributed by atoms with E-state index in [-0.39, 0.29) is 12.6 Å². The first kappa shape index (κ1) is 6.79. The van der Waals surface area contributed by atoms with E-state index in [0.29, 0.717) is 0 Å². The number of aliphatic hydroxyl groups is 1. The lowest BCUT2D eigenvalue weighted by atomic mass is 10.1. The highest BCUT2D eigenvalue weighted by atomic mass is 16.3. The van der Waals surface area contributed by atoms with Crippen molar-refractivity contribution in [2.45, 2.75) is 25.3 Å². The second-order valence-electron chi connectivity index (χ2n) is 2.88. The van der Waals surface area contributed by atoms with E-state index in [1.165, 1.54) is 0 Å². The van der Waals surface area contributed by atoms with Crippen molar-refractivity contribution in [2.24, 2.45) is 0 Å². The quantitative estimate of drug-likeness (QED) is 0.624. The lowest BCUT2D eigenvalue weighted by molar-refractivity contribution is 0.206. The van der Waals surface area contributed by atoms with Gasteiger partial charge in [-0.25, -0.2) is 0 Å². The molecule has 1 aliphatic heterocycles. The molecule has 0 aliphatic carbocycles. The van der Waals surface area contributed by atoms with E-state index in [4.69, 9.17) is 5.11 Å². The molecule has 0 saturated heterocycles. The summed E-state index contributed by atoms with van der Waals surface area (Å²) in [6.45, 7) is 0.199. The molecule has 0 aromatic carbocycles. The Labute approximate surface area is 64.9 Å². The predicted molar refractivity (Wildman–Crippen MR) is 39.1 cm³/mol. The second kappa shape index (κ2) is 2.62. The Kier molecular flexibility index (Phi) is 1.62. The fourth-order valence-corrected chi connectivity index (χ4v) is 1.56. The molecule has 11 heavy (non-hydrogen) atoms. The van der Waals surface area contributed by atoms with Crippen molar-refractivity contribution >= 4 is 0 Å². The lowest BCUT2D eigenvalue weighted by Gasteiger charge is -2.21. The third-order valence-corrected chi connectivity index (χ3v) is 2.19. The summed E-state index contributed by atoms with van der Waals surface area (Å²) >= 11 is 0. The van der Waals surface area contributed by atoms with Gasteiger partial charge in [0, 0.05) is 6.42 Å². The van der Waals surface area contributed by atoms with Gasteiger partial charge in [-0.3, -0.25) is 0 Å². The van der Waals surface area contributed by atoms with Crippen molar-refractivity contribution < 1.29 is 5.11 Å². The average Bonchev–Trinajstić information content (AvgIpc) is 2.50.